The van der Waals surface area contributed by atoms with E-state index in [2.05, 4.69) is 4.74 Å². The number of hydrogen-bond donors (Lipinski definition) is 2. The number of esters is 3. The summed E-state index contributed by atoms with van der Waals surface area (Å²) in [5, 5.41) is 17.7. The summed E-state index contributed by atoms with van der Waals surface area (Å²) in [5.74, 6) is -1.94. The lowest BCUT2D eigenvalue weighted by molar-refractivity contribution is -0.182. The molecule has 2 aliphatic rings. The molecule has 4 rings (SSSR count). The molecule has 2 aliphatic heterocycles. The third kappa shape index (κ3) is 9.02. The number of alkyl halides is 2. The van der Waals surface area contributed by atoms with Gasteiger partial charge in [0.25, 0.3) is 0 Å². The van der Waals surface area contributed by atoms with Gasteiger partial charge in [-0.3, -0.25) is 4.79 Å². The number of aryl methyl sites for hydroxylation is 4. The summed E-state index contributed by atoms with van der Waals surface area (Å²) in [6.07, 6.45) is -10.9. The topological polar surface area (TPSA) is 147 Å². The molecule has 11 nitrogen and oxygen atoms in total. The minimum Gasteiger partial charge on any atom is -0.459 e. The van der Waals surface area contributed by atoms with Crippen molar-refractivity contribution < 1.29 is 61.8 Å². The summed E-state index contributed by atoms with van der Waals surface area (Å²) in [4.78, 5) is 35.5. The molecule has 2 N–H and O–H groups in total. The average molecular weight is 625 g/mol. The molecule has 2 fully saturated rings. The van der Waals surface area contributed by atoms with Gasteiger partial charge < -0.3 is 38.6 Å². The molecule has 2 heterocycles. The Morgan fingerprint density at radius 3 is 1.73 bits per heavy atom. The summed E-state index contributed by atoms with van der Waals surface area (Å²) in [5.41, 5.74) is 4.33. The van der Waals surface area contributed by atoms with Crippen LogP contribution in [-0.2, 0) is 33.2 Å². The number of carbonyl (C=O) groups excluding carboxylic acids is 3. The van der Waals surface area contributed by atoms with Crippen molar-refractivity contribution in [1.29, 1.82) is 0 Å². The Labute approximate surface area is 254 Å². The third-order valence-electron chi connectivity index (χ3n) is 6.76. The number of ether oxygens (including phenoxy) is 6. The largest absolute Gasteiger partial charge is 0.459 e. The van der Waals surface area contributed by atoms with Gasteiger partial charge in [-0.1, -0.05) is 34.4 Å². The number of aliphatic hydroxyl groups excluding tert-OH is 2. The fraction of sp³-hybridized carbons (Fsp3) is 0.516. The molecule has 2 aromatic carbocycles. The zero-order chi connectivity index (χ0) is 32.7. The van der Waals surface area contributed by atoms with Crippen LogP contribution in [-0.4, -0.2) is 97.8 Å². The predicted molar refractivity (Wildman–Crippen MR) is 150 cm³/mol. The SMILES string of the molecule is CC(=O)OC1O[C@H](CO)[C@@H](O)[C@@H]1F.COC1O[C@H](COC(=O)c2cc(C)cc(C)c2)[C@@H](OC(=O)c2cc(C)cc(C)c2)[C@@H]1F. The van der Waals surface area contributed by atoms with Crippen LogP contribution in [0.25, 0.3) is 0 Å². The highest BCUT2D eigenvalue weighted by Crippen LogP contribution is 2.29. The fourth-order valence-electron chi connectivity index (χ4n) is 4.86. The van der Waals surface area contributed by atoms with Crippen LogP contribution < -0.4 is 0 Å². The van der Waals surface area contributed by atoms with Gasteiger partial charge >= 0.3 is 17.9 Å². The van der Waals surface area contributed by atoms with Gasteiger partial charge in [0.1, 0.15) is 24.9 Å². The highest BCUT2D eigenvalue weighted by atomic mass is 19.1. The highest BCUT2D eigenvalue weighted by Gasteiger charge is 2.49. The number of halogens is 2. The Morgan fingerprint density at radius 2 is 1.27 bits per heavy atom. The van der Waals surface area contributed by atoms with Gasteiger partial charge in [-0.05, 0) is 52.0 Å². The van der Waals surface area contributed by atoms with Crippen molar-refractivity contribution in [3.63, 3.8) is 0 Å². The van der Waals surface area contributed by atoms with E-state index in [-0.39, 0.29) is 6.61 Å². The van der Waals surface area contributed by atoms with Crippen LogP contribution in [0, 0.1) is 27.7 Å². The van der Waals surface area contributed by atoms with Crippen LogP contribution in [0.5, 0.6) is 0 Å². The number of carbonyl (C=O) groups is 3. The average Bonchev–Trinajstić information content (AvgIpc) is 3.40. The monoisotopic (exact) mass is 624 g/mol. The van der Waals surface area contributed by atoms with Gasteiger partial charge in [0.2, 0.25) is 6.29 Å². The quantitative estimate of drug-likeness (QED) is 0.330. The Hall–Kier alpha value is -3.49. The van der Waals surface area contributed by atoms with E-state index in [1.54, 1.807) is 24.3 Å². The van der Waals surface area contributed by atoms with Gasteiger partial charge in [-0.15, -0.1) is 0 Å². The molecule has 13 heteroatoms. The molecule has 0 radical (unpaired) electrons. The number of hydrogen-bond acceptors (Lipinski definition) is 11. The van der Waals surface area contributed by atoms with E-state index in [9.17, 15) is 23.2 Å². The Balaban J connectivity index is 0.000000340. The van der Waals surface area contributed by atoms with E-state index in [4.69, 9.17) is 33.9 Å². The molecule has 0 bridgehead atoms. The van der Waals surface area contributed by atoms with Crippen LogP contribution in [0.15, 0.2) is 36.4 Å². The summed E-state index contributed by atoms with van der Waals surface area (Å²) < 4.78 is 58.3. The minimum absolute atomic E-state index is 0.281. The molecule has 2 aromatic rings. The van der Waals surface area contributed by atoms with Crippen LogP contribution >= 0.6 is 0 Å². The molecule has 8 atom stereocenters. The van der Waals surface area contributed by atoms with Crippen molar-refractivity contribution in [2.75, 3.05) is 20.3 Å². The Morgan fingerprint density at radius 1 is 0.773 bits per heavy atom. The van der Waals surface area contributed by atoms with Crippen molar-refractivity contribution in [2.24, 2.45) is 0 Å². The van der Waals surface area contributed by atoms with E-state index >= 15 is 0 Å². The Kier molecular flexibility index (Phi) is 12.3. The lowest BCUT2D eigenvalue weighted by Crippen LogP contribution is -2.37. The molecule has 0 aromatic heterocycles. The lowest BCUT2D eigenvalue weighted by Gasteiger charge is -2.20. The van der Waals surface area contributed by atoms with E-state index in [0.717, 1.165) is 29.2 Å². The first-order valence-corrected chi connectivity index (χ1v) is 13.9. The fourth-order valence-corrected chi connectivity index (χ4v) is 4.86. The molecular formula is C31H38F2O11. The van der Waals surface area contributed by atoms with E-state index in [1.165, 1.54) is 7.11 Å². The van der Waals surface area contributed by atoms with Crippen molar-refractivity contribution in [1.82, 2.24) is 0 Å². The number of methoxy groups -OCH3 is 1. The van der Waals surface area contributed by atoms with Crippen LogP contribution in [0.1, 0.15) is 49.9 Å². The number of aliphatic hydroxyl groups is 2. The zero-order valence-electron chi connectivity index (χ0n) is 25.3. The lowest BCUT2D eigenvalue weighted by atomic mass is 10.1. The maximum Gasteiger partial charge on any atom is 0.338 e. The first-order chi connectivity index (χ1) is 20.7. The van der Waals surface area contributed by atoms with Gasteiger partial charge in [0.05, 0.1) is 17.7 Å². The van der Waals surface area contributed by atoms with Crippen molar-refractivity contribution >= 4 is 17.9 Å². The van der Waals surface area contributed by atoms with Gasteiger partial charge in [-0.2, -0.15) is 0 Å². The first kappa shape index (κ1) is 35.0. The second kappa shape index (κ2) is 15.5. The summed E-state index contributed by atoms with van der Waals surface area (Å²) >= 11 is 0. The van der Waals surface area contributed by atoms with Crippen molar-refractivity contribution in [3.8, 4) is 0 Å². The molecular weight excluding hydrogens is 586 g/mol. The van der Waals surface area contributed by atoms with E-state index in [1.807, 2.05) is 39.8 Å². The molecule has 44 heavy (non-hydrogen) atoms. The molecule has 0 aliphatic carbocycles. The van der Waals surface area contributed by atoms with Crippen LogP contribution in [0.3, 0.4) is 0 Å². The van der Waals surface area contributed by atoms with E-state index < -0.39 is 73.9 Å². The van der Waals surface area contributed by atoms with Crippen LogP contribution in [0.2, 0.25) is 0 Å². The van der Waals surface area contributed by atoms with Gasteiger partial charge in [0.15, 0.2) is 24.7 Å². The molecule has 0 spiro atoms. The smallest absolute Gasteiger partial charge is 0.338 e. The number of rotatable bonds is 8. The molecule has 0 saturated carbocycles. The van der Waals surface area contributed by atoms with E-state index in [0.29, 0.717) is 11.1 Å². The second-order valence-electron chi connectivity index (χ2n) is 10.7. The Bertz CT molecular complexity index is 1280. The summed E-state index contributed by atoms with van der Waals surface area (Å²) in [6, 6.07) is 10.6. The summed E-state index contributed by atoms with van der Waals surface area (Å²) in [6.45, 7) is 7.78. The maximum absolute atomic E-state index is 14.8. The normalized spacial score (nSPS) is 27.7. The van der Waals surface area contributed by atoms with Gasteiger partial charge in [-0.25, -0.2) is 18.4 Å². The predicted octanol–water partition coefficient (Wildman–Crippen LogP) is 2.98. The molecule has 242 valence electrons. The van der Waals surface area contributed by atoms with Crippen molar-refractivity contribution in [2.45, 2.75) is 84.0 Å². The second-order valence-corrected chi connectivity index (χ2v) is 10.7. The van der Waals surface area contributed by atoms with Gasteiger partial charge in [0, 0.05) is 14.0 Å². The minimum atomic E-state index is -1.80. The summed E-state index contributed by atoms with van der Waals surface area (Å²) in [7, 11) is 1.30. The standard InChI is InChI=1S/C24H27FO6.C7H11FO5/c1-13-6-14(2)9-17(8-13)22(26)29-12-19-21(20(25)24(28-5)30-19)31-23(27)18-10-15(3)7-16(4)11-18;1-3(10)12-7-5(8)6(11)4(2-9)13-7/h6-11,19-21,24H,12H2,1-5H3;4-7,9,11H,2H2,1H3/t19-,20+,21-,24?;4-,5+,6-,7?/m11/s1. The molecule has 2 saturated heterocycles. The molecule has 0 amide bonds. The van der Waals surface area contributed by atoms with Crippen molar-refractivity contribution in [3.05, 3.63) is 69.8 Å². The van der Waals surface area contributed by atoms with Crippen LogP contribution in [0.4, 0.5) is 8.78 Å². The molecule has 2 unspecified atom stereocenters. The first-order valence-electron chi connectivity index (χ1n) is 13.9. The number of benzene rings is 2. The zero-order valence-corrected chi connectivity index (χ0v) is 25.3. The highest BCUT2D eigenvalue weighted by molar-refractivity contribution is 5.90. The maximum atomic E-state index is 14.8. The third-order valence-corrected chi connectivity index (χ3v) is 6.76.